The van der Waals surface area contributed by atoms with Crippen LogP contribution in [0.2, 0.25) is 25.2 Å². The van der Waals surface area contributed by atoms with Crippen molar-refractivity contribution in [1.82, 2.24) is 5.32 Å². The zero-order valence-corrected chi connectivity index (χ0v) is 20.5. The molecule has 3 atom stereocenters. The maximum absolute atomic E-state index is 12.4. The van der Waals surface area contributed by atoms with Crippen LogP contribution in [0, 0.1) is 9.49 Å². The molecule has 152 valence electrons. The van der Waals surface area contributed by atoms with E-state index in [1.807, 2.05) is 31.2 Å². The normalized spacial score (nSPS) is 15.6. The molecule has 7 heteroatoms. The number of hydrogen-bond acceptors (Lipinski definition) is 3. The van der Waals surface area contributed by atoms with E-state index in [-0.39, 0.29) is 5.54 Å². The van der Waals surface area contributed by atoms with Crippen molar-refractivity contribution in [2.45, 2.75) is 70.9 Å². The number of carboxylic acids is 1. The molecular formula is C20H32INO4Si. The molecule has 1 aromatic carbocycles. The van der Waals surface area contributed by atoms with Gasteiger partial charge in [-0.25, -0.2) is 4.79 Å². The minimum Gasteiger partial charge on any atom is -0.481 e. The summed E-state index contributed by atoms with van der Waals surface area (Å²) < 4.78 is 6.50. The lowest BCUT2D eigenvalue weighted by atomic mass is 9.91. The van der Waals surface area contributed by atoms with Gasteiger partial charge in [0.15, 0.2) is 0 Å². The summed E-state index contributed by atoms with van der Waals surface area (Å²) in [4.78, 5) is 24.6. The molecule has 5 nitrogen and oxygen atoms in total. The third-order valence-electron chi connectivity index (χ3n) is 4.69. The second-order valence-electron chi connectivity index (χ2n) is 9.10. The zero-order valence-electron chi connectivity index (χ0n) is 17.3. The van der Waals surface area contributed by atoms with Gasteiger partial charge in [-0.05, 0) is 73.0 Å². The van der Waals surface area contributed by atoms with E-state index < -0.39 is 37.7 Å². The lowest BCUT2D eigenvalue weighted by Gasteiger charge is -2.36. The number of nitrogens with one attached hydrogen (secondary N) is 1. The Kier molecular flexibility index (Phi) is 8.34. The van der Waals surface area contributed by atoms with Crippen molar-refractivity contribution >= 4 is 42.7 Å². The predicted octanol–water partition coefficient (Wildman–Crippen LogP) is 5.16. The van der Waals surface area contributed by atoms with Gasteiger partial charge in [0, 0.05) is 17.7 Å². The van der Waals surface area contributed by atoms with E-state index in [0.29, 0.717) is 6.42 Å². The van der Waals surface area contributed by atoms with Gasteiger partial charge >= 0.3 is 12.1 Å². The third kappa shape index (κ3) is 8.21. The number of ether oxygens (including phenoxy) is 1. The van der Waals surface area contributed by atoms with Gasteiger partial charge in [-0.15, -0.1) is 0 Å². The molecule has 0 fully saturated rings. The summed E-state index contributed by atoms with van der Waals surface area (Å²) >= 11 is 2.23. The quantitative estimate of drug-likeness (QED) is 0.397. The van der Waals surface area contributed by atoms with Crippen LogP contribution in [0.3, 0.4) is 0 Å². The first-order valence-electron chi connectivity index (χ1n) is 9.17. The molecule has 0 aliphatic rings. The van der Waals surface area contributed by atoms with Crippen LogP contribution >= 0.6 is 22.6 Å². The summed E-state index contributed by atoms with van der Waals surface area (Å²) in [5, 5.41) is 12.8. The maximum atomic E-state index is 12.4. The highest BCUT2D eigenvalue weighted by atomic mass is 127. The van der Waals surface area contributed by atoms with E-state index in [2.05, 4.69) is 47.5 Å². The van der Waals surface area contributed by atoms with Crippen LogP contribution in [0.15, 0.2) is 24.3 Å². The fourth-order valence-electron chi connectivity index (χ4n) is 2.87. The summed E-state index contributed by atoms with van der Waals surface area (Å²) in [6, 6.07) is 7.38. The Bertz CT molecular complexity index is 649. The molecule has 0 radical (unpaired) electrons. The molecule has 0 spiro atoms. The summed E-state index contributed by atoms with van der Waals surface area (Å²) in [6.45, 7) is 13.8. The Morgan fingerprint density at radius 3 is 2.11 bits per heavy atom. The predicted molar refractivity (Wildman–Crippen MR) is 120 cm³/mol. The van der Waals surface area contributed by atoms with Gasteiger partial charge in [-0.3, -0.25) is 4.79 Å². The van der Waals surface area contributed by atoms with Crippen LogP contribution in [0.5, 0.6) is 0 Å². The molecule has 2 N–H and O–H groups in total. The van der Waals surface area contributed by atoms with Crippen molar-refractivity contribution in [3.63, 3.8) is 0 Å². The van der Waals surface area contributed by atoms with Crippen molar-refractivity contribution in [3.8, 4) is 0 Å². The van der Waals surface area contributed by atoms with Gasteiger partial charge in [0.05, 0.1) is 5.92 Å². The first-order chi connectivity index (χ1) is 12.2. The molecule has 0 heterocycles. The number of halogens is 1. The van der Waals surface area contributed by atoms with Crippen molar-refractivity contribution in [3.05, 3.63) is 33.4 Å². The van der Waals surface area contributed by atoms with Gasteiger partial charge < -0.3 is 15.2 Å². The molecule has 0 saturated heterocycles. The molecule has 0 bridgehead atoms. The minimum atomic E-state index is -1.75. The topological polar surface area (TPSA) is 75.6 Å². The van der Waals surface area contributed by atoms with Crippen LogP contribution in [0.1, 0.15) is 33.3 Å². The molecule has 0 aromatic heterocycles. The van der Waals surface area contributed by atoms with E-state index in [1.54, 1.807) is 20.8 Å². The molecule has 1 aromatic rings. The Balaban J connectivity index is 3.18. The monoisotopic (exact) mass is 505 g/mol. The Morgan fingerprint density at radius 2 is 1.70 bits per heavy atom. The number of carbonyl (C=O) groups is 2. The third-order valence-corrected chi connectivity index (χ3v) is 8.50. The van der Waals surface area contributed by atoms with Gasteiger partial charge in [-0.2, -0.15) is 0 Å². The number of carbonyl (C=O) groups excluding carboxylic acids is 1. The molecule has 3 unspecified atom stereocenters. The van der Waals surface area contributed by atoms with Gasteiger partial charge in [-0.1, -0.05) is 38.7 Å². The van der Waals surface area contributed by atoms with E-state index in [0.717, 1.165) is 9.13 Å². The smallest absolute Gasteiger partial charge is 0.407 e. The average Bonchev–Trinajstić information content (AvgIpc) is 2.46. The van der Waals surface area contributed by atoms with Crippen molar-refractivity contribution in [1.29, 1.82) is 0 Å². The number of amides is 1. The highest BCUT2D eigenvalue weighted by Crippen LogP contribution is 2.33. The van der Waals surface area contributed by atoms with Crippen molar-refractivity contribution in [2.75, 3.05) is 0 Å². The second kappa shape index (κ2) is 9.40. The molecule has 0 aliphatic carbocycles. The largest absolute Gasteiger partial charge is 0.481 e. The van der Waals surface area contributed by atoms with Gasteiger partial charge in [0.2, 0.25) is 0 Å². The van der Waals surface area contributed by atoms with Gasteiger partial charge in [0.1, 0.15) is 5.60 Å². The van der Waals surface area contributed by atoms with Crippen LogP contribution in [-0.2, 0) is 16.0 Å². The van der Waals surface area contributed by atoms with E-state index in [4.69, 9.17) is 4.74 Å². The highest BCUT2D eigenvalue weighted by molar-refractivity contribution is 14.1. The number of aliphatic carboxylic acids is 1. The maximum Gasteiger partial charge on any atom is 0.407 e. The first-order valence-corrected chi connectivity index (χ1v) is 13.8. The van der Waals surface area contributed by atoms with E-state index >= 15 is 0 Å². The molecular weight excluding hydrogens is 473 g/mol. The Labute approximate surface area is 177 Å². The Hall–Kier alpha value is -1.09. The number of carboxylic acid groups (broad SMARTS) is 1. The minimum absolute atomic E-state index is 0.0150. The summed E-state index contributed by atoms with van der Waals surface area (Å²) in [5.41, 5.74) is 0.338. The number of alkyl carbamates (subject to hydrolysis) is 1. The van der Waals surface area contributed by atoms with Crippen LogP contribution in [-0.4, -0.2) is 36.9 Å². The first kappa shape index (κ1) is 23.9. The molecule has 1 amide bonds. The van der Waals surface area contributed by atoms with Crippen LogP contribution < -0.4 is 5.32 Å². The fraction of sp³-hybridized carbons (Fsp3) is 0.600. The number of rotatable bonds is 7. The van der Waals surface area contributed by atoms with Crippen LogP contribution in [0.25, 0.3) is 0 Å². The van der Waals surface area contributed by atoms with Crippen molar-refractivity contribution in [2.24, 2.45) is 5.92 Å². The summed E-state index contributed by atoms with van der Waals surface area (Å²) in [7, 11) is -1.75. The van der Waals surface area contributed by atoms with Crippen LogP contribution in [0.4, 0.5) is 4.79 Å². The summed E-state index contributed by atoms with van der Waals surface area (Å²) in [6.07, 6.45) is -0.130. The summed E-state index contributed by atoms with van der Waals surface area (Å²) in [5.74, 6) is -1.56. The number of hydrogen-bond donors (Lipinski definition) is 2. The molecule has 0 aliphatic heterocycles. The lowest BCUT2D eigenvalue weighted by Crippen LogP contribution is -2.50. The molecule has 1 rings (SSSR count). The zero-order chi connectivity index (χ0) is 21.0. The standard InChI is InChI=1S/C20H32INO4Si/c1-13(27(5,6)7)17(18(23)24)16(22-19(25)26-20(2,3)4)12-14-8-10-15(21)11-9-14/h8-11,13,16-17H,12H2,1-7H3,(H,22,25)(H,23,24). The van der Waals surface area contributed by atoms with E-state index in [1.165, 1.54) is 0 Å². The molecule has 0 saturated carbocycles. The fourth-order valence-corrected chi connectivity index (χ4v) is 4.69. The Morgan fingerprint density at radius 1 is 1.19 bits per heavy atom. The lowest BCUT2D eigenvalue weighted by molar-refractivity contribution is -0.142. The highest BCUT2D eigenvalue weighted by Gasteiger charge is 2.40. The second-order valence-corrected chi connectivity index (χ2v) is 16.0. The van der Waals surface area contributed by atoms with Gasteiger partial charge in [0.25, 0.3) is 0 Å². The molecule has 27 heavy (non-hydrogen) atoms. The average molecular weight is 505 g/mol. The van der Waals surface area contributed by atoms with E-state index in [9.17, 15) is 14.7 Å². The SMILES string of the molecule is CC(C(C(=O)O)C(Cc1ccc(I)cc1)NC(=O)OC(C)(C)C)[Si](C)(C)C. The van der Waals surface area contributed by atoms with Crippen molar-refractivity contribution < 1.29 is 19.4 Å². The number of benzene rings is 1.